The van der Waals surface area contributed by atoms with Crippen molar-refractivity contribution in [2.75, 3.05) is 28.8 Å². The number of ether oxygens (including phenoxy) is 1. The predicted octanol–water partition coefficient (Wildman–Crippen LogP) is 2.82. The second kappa shape index (κ2) is 10.2. The van der Waals surface area contributed by atoms with Gasteiger partial charge in [-0.2, -0.15) is 20.2 Å². The smallest absolute Gasteiger partial charge is 0.322 e. The van der Waals surface area contributed by atoms with E-state index < -0.39 is 0 Å². The summed E-state index contributed by atoms with van der Waals surface area (Å²) in [5.41, 5.74) is 0.762. The standard InChI is InChI=1S/C20H27N7O2/c1-6-15(4)22-18-23-19(25-20(24-18)29-5)26(13-21)12-17(28)27(14(2)3)16-10-8-7-9-11-16/h7-11,14-15H,6,12H2,1-5H3,(H,22,23,24,25)/t15-/m0/s1. The zero-order chi connectivity index (χ0) is 21.4. The van der Waals surface area contributed by atoms with Gasteiger partial charge < -0.3 is 15.0 Å². The fourth-order valence-electron chi connectivity index (χ4n) is 2.63. The number of hydrogen-bond acceptors (Lipinski definition) is 8. The van der Waals surface area contributed by atoms with Gasteiger partial charge in [-0.3, -0.25) is 4.79 Å². The highest BCUT2D eigenvalue weighted by molar-refractivity contribution is 5.97. The number of methoxy groups -OCH3 is 1. The number of carbonyl (C=O) groups is 1. The molecule has 0 aliphatic rings. The molecule has 9 nitrogen and oxygen atoms in total. The minimum atomic E-state index is -0.247. The lowest BCUT2D eigenvalue weighted by molar-refractivity contribution is -0.117. The summed E-state index contributed by atoms with van der Waals surface area (Å²) >= 11 is 0. The number of rotatable bonds is 9. The molecular weight excluding hydrogens is 370 g/mol. The molecule has 1 heterocycles. The van der Waals surface area contributed by atoms with Gasteiger partial charge in [-0.1, -0.05) is 25.1 Å². The minimum absolute atomic E-state index is 0.0512. The molecule has 1 aromatic carbocycles. The van der Waals surface area contributed by atoms with Crippen LogP contribution in [0.1, 0.15) is 34.1 Å². The van der Waals surface area contributed by atoms with E-state index >= 15 is 0 Å². The van der Waals surface area contributed by atoms with Crippen LogP contribution in [0.5, 0.6) is 6.01 Å². The van der Waals surface area contributed by atoms with E-state index in [9.17, 15) is 10.1 Å². The van der Waals surface area contributed by atoms with Crippen LogP contribution in [0.15, 0.2) is 30.3 Å². The third kappa shape index (κ3) is 5.78. The van der Waals surface area contributed by atoms with E-state index in [2.05, 4.69) is 20.3 Å². The maximum absolute atomic E-state index is 13.0. The summed E-state index contributed by atoms with van der Waals surface area (Å²) < 4.78 is 5.13. The fraction of sp³-hybridized carbons (Fsp3) is 0.450. The Kier molecular flexibility index (Phi) is 7.71. The van der Waals surface area contributed by atoms with Crippen molar-refractivity contribution >= 4 is 23.5 Å². The lowest BCUT2D eigenvalue weighted by Crippen LogP contribution is -2.43. The van der Waals surface area contributed by atoms with E-state index in [0.717, 1.165) is 17.0 Å². The maximum atomic E-state index is 13.0. The molecule has 29 heavy (non-hydrogen) atoms. The van der Waals surface area contributed by atoms with Gasteiger partial charge in [0, 0.05) is 17.8 Å². The van der Waals surface area contributed by atoms with Crippen LogP contribution in [0.25, 0.3) is 0 Å². The van der Waals surface area contributed by atoms with Gasteiger partial charge in [0.25, 0.3) is 0 Å². The maximum Gasteiger partial charge on any atom is 0.322 e. The van der Waals surface area contributed by atoms with Gasteiger partial charge in [0.15, 0.2) is 6.19 Å². The summed E-state index contributed by atoms with van der Waals surface area (Å²) in [4.78, 5) is 28.4. The number of amides is 1. The molecule has 0 saturated carbocycles. The molecule has 1 atom stereocenters. The first-order valence-electron chi connectivity index (χ1n) is 9.50. The average molecular weight is 397 g/mol. The van der Waals surface area contributed by atoms with E-state index in [-0.39, 0.29) is 42.4 Å². The van der Waals surface area contributed by atoms with Crippen LogP contribution in [0.3, 0.4) is 0 Å². The Hall–Kier alpha value is -3.41. The third-order valence-corrected chi connectivity index (χ3v) is 4.25. The van der Waals surface area contributed by atoms with Crippen molar-refractivity contribution in [1.82, 2.24) is 15.0 Å². The number of nitriles is 1. The Balaban J connectivity index is 2.29. The largest absolute Gasteiger partial charge is 0.467 e. The molecule has 154 valence electrons. The summed E-state index contributed by atoms with van der Waals surface area (Å²) in [5, 5.41) is 12.8. The number of aromatic nitrogens is 3. The zero-order valence-corrected chi connectivity index (χ0v) is 17.5. The molecule has 0 radical (unpaired) electrons. The SMILES string of the molecule is CC[C@H](C)Nc1nc(OC)nc(N(C#N)CC(=O)N(c2ccccc2)C(C)C)n1. The normalized spacial score (nSPS) is 11.5. The monoisotopic (exact) mass is 397 g/mol. The summed E-state index contributed by atoms with van der Waals surface area (Å²) in [6.45, 7) is 7.65. The minimum Gasteiger partial charge on any atom is -0.467 e. The van der Waals surface area contributed by atoms with Gasteiger partial charge in [0.05, 0.1) is 7.11 Å². The predicted molar refractivity (Wildman–Crippen MR) is 112 cm³/mol. The summed E-state index contributed by atoms with van der Waals surface area (Å²) in [6, 6.07) is 9.44. The first-order valence-corrected chi connectivity index (χ1v) is 9.50. The van der Waals surface area contributed by atoms with E-state index in [1.807, 2.05) is 64.2 Å². The first-order chi connectivity index (χ1) is 13.9. The molecule has 0 bridgehead atoms. The molecule has 0 spiro atoms. The van der Waals surface area contributed by atoms with Crippen LogP contribution >= 0.6 is 0 Å². The Bertz CT molecular complexity index is 852. The number of benzene rings is 1. The second-order valence-electron chi connectivity index (χ2n) is 6.78. The van der Waals surface area contributed by atoms with E-state index in [1.54, 1.807) is 4.90 Å². The number of nitrogens with zero attached hydrogens (tertiary/aromatic N) is 6. The highest BCUT2D eigenvalue weighted by Crippen LogP contribution is 2.19. The van der Waals surface area contributed by atoms with Crippen LogP contribution < -0.4 is 19.9 Å². The van der Waals surface area contributed by atoms with Crippen molar-refractivity contribution in [3.8, 4) is 12.2 Å². The third-order valence-electron chi connectivity index (χ3n) is 4.25. The number of para-hydroxylation sites is 1. The molecule has 1 aromatic heterocycles. The fourth-order valence-corrected chi connectivity index (χ4v) is 2.63. The molecule has 0 fully saturated rings. The molecular formula is C20H27N7O2. The number of anilines is 3. The molecule has 0 unspecified atom stereocenters. The lowest BCUT2D eigenvalue weighted by atomic mass is 10.2. The topological polar surface area (TPSA) is 107 Å². The quantitative estimate of drug-likeness (QED) is 0.508. The van der Waals surface area contributed by atoms with Gasteiger partial charge in [-0.15, -0.1) is 0 Å². The van der Waals surface area contributed by atoms with Crippen LogP contribution in [-0.2, 0) is 4.79 Å². The average Bonchev–Trinajstić information content (AvgIpc) is 2.72. The molecule has 0 aliphatic carbocycles. The van der Waals surface area contributed by atoms with Crippen LogP contribution in [0.4, 0.5) is 17.6 Å². The van der Waals surface area contributed by atoms with E-state index in [4.69, 9.17) is 4.74 Å². The Labute approximate surface area is 171 Å². The van der Waals surface area contributed by atoms with Gasteiger partial charge in [-0.05, 0) is 39.3 Å². The van der Waals surface area contributed by atoms with Gasteiger partial charge in [-0.25, -0.2) is 4.90 Å². The zero-order valence-electron chi connectivity index (χ0n) is 17.5. The molecule has 0 aliphatic heterocycles. The van der Waals surface area contributed by atoms with E-state index in [1.165, 1.54) is 7.11 Å². The van der Waals surface area contributed by atoms with Crippen LogP contribution in [0.2, 0.25) is 0 Å². The van der Waals surface area contributed by atoms with Crippen molar-refractivity contribution in [2.45, 2.75) is 46.2 Å². The lowest BCUT2D eigenvalue weighted by Gasteiger charge is -2.28. The Morgan fingerprint density at radius 3 is 2.45 bits per heavy atom. The molecule has 0 saturated heterocycles. The van der Waals surface area contributed by atoms with Crippen molar-refractivity contribution in [3.05, 3.63) is 30.3 Å². The summed E-state index contributed by atoms with van der Waals surface area (Å²) in [5.74, 6) is 0.0940. The molecule has 2 aromatic rings. The molecule has 1 amide bonds. The highest BCUT2D eigenvalue weighted by Gasteiger charge is 2.24. The Morgan fingerprint density at radius 1 is 1.21 bits per heavy atom. The van der Waals surface area contributed by atoms with Crippen molar-refractivity contribution in [1.29, 1.82) is 5.26 Å². The van der Waals surface area contributed by atoms with E-state index in [0.29, 0.717) is 0 Å². The van der Waals surface area contributed by atoms with Crippen LogP contribution in [0, 0.1) is 11.5 Å². The second-order valence-corrected chi connectivity index (χ2v) is 6.78. The number of hydrogen-bond donors (Lipinski definition) is 1. The summed E-state index contributed by atoms with van der Waals surface area (Å²) in [6.07, 6.45) is 2.86. The first kappa shape index (κ1) is 21.9. The van der Waals surface area contributed by atoms with Crippen molar-refractivity contribution in [2.24, 2.45) is 0 Å². The molecule has 9 heteroatoms. The molecule has 1 N–H and O–H groups in total. The van der Waals surface area contributed by atoms with Crippen molar-refractivity contribution in [3.63, 3.8) is 0 Å². The highest BCUT2D eigenvalue weighted by atomic mass is 16.5. The van der Waals surface area contributed by atoms with Gasteiger partial charge in [0.1, 0.15) is 6.54 Å². The van der Waals surface area contributed by atoms with Gasteiger partial charge in [0.2, 0.25) is 17.8 Å². The Morgan fingerprint density at radius 2 is 1.90 bits per heavy atom. The van der Waals surface area contributed by atoms with Crippen molar-refractivity contribution < 1.29 is 9.53 Å². The molecule has 2 rings (SSSR count). The van der Waals surface area contributed by atoms with Crippen LogP contribution in [-0.4, -0.2) is 46.6 Å². The summed E-state index contributed by atoms with van der Waals surface area (Å²) in [7, 11) is 1.43. The number of nitrogens with one attached hydrogen (secondary N) is 1. The number of carbonyl (C=O) groups excluding carboxylic acids is 1. The van der Waals surface area contributed by atoms with Gasteiger partial charge >= 0.3 is 6.01 Å².